The minimum absolute atomic E-state index is 0.00304. The fraction of sp³-hybridized carbons (Fsp3) is 0.471. The number of amides is 1. The highest BCUT2D eigenvalue weighted by Crippen LogP contribution is 2.30. The van der Waals surface area contributed by atoms with Gasteiger partial charge in [-0.25, -0.2) is 4.98 Å². The van der Waals surface area contributed by atoms with Gasteiger partial charge in [-0.15, -0.1) is 0 Å². The predicted molar refractivity (Wildman–Crippen MR) is 95.9 cm³/mol. The van der Waals surface area contributed by atoms with E-state index in [1.54, 1.807) is 23.0 Å². The number of aromatic nitrogens is 2. The number of nitrogens with zero attached hydrogens (tertiary/aromatic N) is 2. The van der Waals surface area contributed by atoms with Gasteiger partial charge >= 0.3 is 0 Å². The van der Waals surface area contributed by atoms with Crippen LogP contribution in [0.1, 0.15) is 25.7 Å². The van der Waals surface area contributed by atoms with Gasteiger partial charge in [-0.05, 0) is 43.7 Å². The summed E-state index contributed by atoms with van der Waals surface area (Å²) in [4.78, 5) is 16.9. The highest BCUT2D eigenvalue weighted by molar-refractivity contribution is 6.01. The van der Waals surface area contributed by atoms with E-state index in [1.165, 1.54) is 0 Å². The standard InChI is InChI=1S/C17H24N6O2/c18-17(19)21-9-11-1-3-12(4-2-11)16(25)22-14-5-7-20-15-13(14)6-8-23(15)10-24/h5-8,11-12,24H,1-4,9-10H2,(H4,18,19,21)(H,20,22,25). The van der Waals surface area contributed by atoms with Crippen LogP contribution in [-0.2, 0) is 11.5 Å². The average molecular weight is 344 g/mol. The summed E-state index contributed by atoms with van der Waals surface area (Å²) in [6.45, 7) is 0.551. The Morgan fingerprint density at radius 2 is 2.12 bits per heavy atom. The topological polar surface area (TPSA) is 129 Å². The summed E-state index contributed by atoms with van der Waals surface area (Å²) in [6, 6.07) is 3.63. The maximum atomic E-state index is 12.6. The molecule has 25 heavy (non-hydrogen) atoms. The zero-order valence-corrected chi connectivity index (χ0v) is 14.0. The van der Waals surface area contributed by atoms with E-state index in [9.17, 15) is 9.90 Å². The van der Waals surface area contributed by atoms with Crippen molar-refractivity contribution in [2.45, 2.75) is 32.4 Å². The van der Waals surface area contributed by atoms with Crippen LogP contribution in [0.5, 0.6) is 0 Å². The summed E-state index contributed by atoms with van der Waals surface area (Å²) >= 11 is 0. The zero-order valence-electron chi connectivity index (χ0n) is 14.0. The maximum Gasteiger partial charge on any atom is 0.227 e. The Morgan fingerprint density at radius 3 is 2.80 bits per heavy atom. The monoisotopic (exact) mass is 344 g/mol. The number of anilines is 1. The van der Waals surface area contributed by atoms with E-state index in [4.69, 9.17) is 11.1 Å². The van der Waals surface area contributed by atoms with Crippen LogP contribution < -0.4 is 16.4 Å². The fourth-order valence-electron chi connectivity index (χ4n) is 3.43. The lowest BCUT2D eigenvalue weighted by Gasteiger charge is -2.28. The lowest BCUT2D eigenvalue weighted by Crippen LogP contribution is -2.36. The number of pyridine rings is 1. The molecule has 8 nitrogen and oxygen atoms in total. The smallest absolute Gasteiger partial charge is 0.227 e. The zero-order chi connectivity index (χ0) is 17.8. The average Bonchev–Trinajstić information content (AvgIpc) is 3.04. The first-order chi connectivity index (χ1) is 12.1. The molecule has 1 amide bonds. The molecule has 8 heteroatoms. The van der Waals surface area contributed by atoms with Gasteiger partial charge in [0.15, 0.2) is 5.96 Å². The van der Waals surface area contributed by atoms with E-state index in [-0.39, 0.29) is 24.5 Å². The highest BCUT2D eigenvalue weighted by Gasteiger charge is 2.26. The van der Waals surface area contributed by atoms with Crippen LogP contribution in [0.25, 0.3) is 11.0 Å². The number of nitrogens with one attached hydrogen (secondary N) is 3. The first kappa shape index (κ1) is 17.2. The molecule has 1 aliphatic carbocycles. The molecular weight excluding hydrogens is 320 g/mol. The molecular formula is C17H24N6O2. The van der Waals surface area contributed by atoms with Crippen LogP contribution in [0.4, 0.5) is 5.69 Å². The summed E-state index contributed by atoms with van der Waals surface area (Å²) in [5.41, 5.74) is 6.69. The summed E-state index contributed by atoms with van der Waals surface area (Å²) < 4.78 is 1.62. The van der Waals surface area contributed by atoms with E-state index in [1.807, 2.05) is 6.07 Å². The molecule has 134 valence electrons. The largest absolute Gasteiger partial charge is 0.376 e. The van der Waals surface area contributed by atoms with Gasteiger partial charge in [0, 0.05) is 30.2 Å². The Balaban J connectivity index is 1.60. The molecule has 1 aliphatic rings. The van der Waals surface area contributed by atoms with Crippen molar-refractivity contribution in [1.82, 2.24) is 14.9 Å². The first-order valence-corrected chi connectivity index (χ1v) is 8.52. The molecule has 0 aromatic carbocycles. The number of hydrogen-bond donors (Lipinski definition) is 5. The van der Waals surface area contributed by atoms with Crippen LogP contribution in [-0.4, -0.2) is 33.1 Å². The van der Waals surface area contributed by atoms with Crippen molar-refractivity contribution in [3.63, 3.8) is 0 Å². The molecule has 2 heterocycles. The minimum Gasteiger partial charge on any atom is -0.376 e. The van der Waals surface area contributed by atoms with Crippen molar-refractivity contribution < 1.29 is 9.90 Å². The van der Waals surface area contributed by atoms with Crippen LogP contribution >= 0.6 is 0 Å². The van der Waals surface area contributed by atoms with Gasteiger partial charge in [0.2, 0.25) is 5.91 Å². The normalized spacial score (nSPS) is 20.4. The van der Waals surface area contributed by atoms with Crippen LogP contribution in [0.15, 0.2) is 24.5 Å². The number of carbonyl (C=O) groups excluding carboxylic acids is 1. The Kier molecular flexibility index (Phi) is 5.18. The third kappa shape index (κ3) is 3.90. The molecule has 3 rings (SSSR count). The van der Waals surface area contributed by atoms with E-state index in [0.29, 0.717) is 18.1 Å². The fourth-order valence-corrected chi connectivity index (χ4v) is 3.43. The van der Waals surface area contributed by atoms with Crippen LogP contribution in [0.3, 0.4) is 0 Å². The second-order valence-corrected chi connectivity index (χ2v) is 6.52. The number of fused-ring (bicyclic) bond motifs is 1. The third-order valence-electron chi connectivity index (χ3n) is 4.87. The molecule has 0 atom stereocenters. The molecule has 0 radical (unpaired) electrons. The van der Waals surface area contributed by atoms with E-state index in [2.05, 4.69) is 15.6 Å². The number of carbonyl (C=O) groups is 1. The number of guanidine groups is 1. The van der Waals surface area contributed by atoms with Gasteiger partial charge in [-0.3, -0.25) is 10.2 Å². The van der Waals surface area contributed by atoms with Gasteiger partial charge in [-0.1, -0.05) is 0 Å². The Hall–Kier alpha value is -2.61. The lowest BCUT2D eigenvalue weighted by molar-refractivity contribution is -0.121. The van der Waals surface area contributed by atoms with E-state index < -0.39 is 0 Å². The van der Waals surface area contributed by atoms with E-state index >= 15 is 0 Å². The van der Waals surface area contributed by atoms with Gasteiger partial charge in [0.05, 0.1) is 5.69 Å². The lowest BCUT2D eigenvalue weighted by atomic mass is 9.81. The highest BCUT2D eigenvalue weighted by atomic mass is 16.3. The third-order valence-corrected chi connectivity index (χ3v) is 4.87. The molecule has 6 N–H and O–H groups in total. The summed E-state index contributed by atoms with van der Waals surface area (Å²) in [6.07, 6.45) is 6.95. The number of aliphatic hydroxyl groups excluding tert-OH is 1. The maximum absolute atomic E-state index is 12.6. The van der Waals surface area contributed by atoms with Crippen molar-refractivity contribution in [1.29, 1.82) is 5.41 Å². The van der Waals surface area contributed by atoms with Gasteiger partial charge in [0.25, 0.3) is 0 Å². The Morgan fingerprint density at radius 1 is 1.36 bits per heavy atom. The number of aliphatic hydroxyl groups is 1. The SMILES string of the molecule is N=C(N)NCC1CCC(C(=O)Nc2ccnc3c2ccn3CO)CC1. The quantitative estimate of drug-likeness (QED) is 0.411. The molecule has 0 bridgehead atoms. The summed E-state index contributed by atoms with van der Waals surface area (Å²) in [7, 11) is 0. The van der Waals surface area contributed by atoms with Crippen LogP contribution in [0, 0.1) is 17.2 Å². The molecule has 0 saturated heterocycles. The first-order valence-electron chi connectivity index (χ1n) is 8.52. The molecule has 0 unspecified atom stereocenters. The molecule has 1 fully saturated rings. The summed E-state index contributed by atoms with van der Waals surface area (Å²) in [5, 5.41) is 23.2. The molecule has 2 aromatic rings. The van der Waals surface area contributed by atoms with Gasteiger partial charge in [0.1, 0.15) is 12.4 Å². The summed E-state index contributed by atoms with van der Waals surface area (Å²) in [5.74, 6) is 0.481. The second kappa shape index (κ2) is 7.52. The second-order valence-electron chi connectivity index (χ2n) is 6.52. The Labute approximate surface area is 145 Å². The van der Waals surface area contributed by atoms with Crippen molar-refractivity contribution in [2.75, 3.05) is 11.9 Å². The molecule has 1 saturated carbocycles. The molecule has 2 aromatic heterocycles. The van der Waals surface area contributed by atoms with Crippen molar-refractivity contribution >= 4 is 28.6 Å². The number of rotatable bonds is 5. The molecule has 0 aliphatic heterocycles. The van der Waals surface area contributed by atoms with Gasteiger partial charge < -0.3 is 26.0 Å². The van der Waals surface area contributed by atoms with Crippen LogP contribution in [0.2, 0.25) is 0 Å². The minimum atomic E-state index is -0.147. The van der Waals surface area contributed by atoms with Gasteiger partial charge in [-0.2, -0.15) is 0 Å². The number of hydrogen-bond acceptors (Lipinski definition) is 4. The predicted octanol–water partition coefficient (Wildman–Crippen LogP) is 1.21. The van der Waals surface area contributed by atoms with Crippen molar-refractivity contribution in [2.24, 2.45) is 17.6 Å². The Bertz CT molecular complexity index is 764. The molecule has 0 spiro atoms. The van der Waals surface area contributed by atoms with Crippen molar-refractivity contribution in [3.05, 3.63) is 24.5 Å². The van der Waals surface area contributed by atoms with E-state index in [0.717, 1.165) is 36.8 Å². The van der Waals surface area contributed by atoms with Crippen molar-refractivity contribution in [3.8, 4) is 0 Å². The number of nitrogens with two attached hydrogens (primary N) is 1.